The molecular weight excluding hydrogens is 550 g/mol. The van der Waals surface area contributed by atoms with Gasteiger partial charge in [0.15, 0.2) is 0 Å². The highest BCUT2D eigenvalue weighted by molar-refractivity contribution is 7.93. The molecule has 1 unspecified atom stereocenters. The molecule has 2 heterocycles. The van der Waals surface area contributed by atoms with Gasteiger partial charge >= 0.3 is 0 Å². The van der Waals surface area contributed by atoms with Gasteiger partial charge in [0.25, 0.3) is 0 Å². The molecule has 5 aromatic carbocycles. The standard InChI is InChI=1S/C30H20O4P2S2/c31-37(32)27-15-19(35)11-13-23(27)25-17-26-24-14-12-22(16-28(24)38(33,34)30(26)18-29(25)37)36(20-7-3-1-4-8-20)21-9-5-2-6-10-21/h1-18H,35H2. The Labute approximate surface area is 225 Å². The lowest BCUT2D eigenvalue weighted by Crippen LogP contribution is -2.21. The fraction of sp³-hybridized carbons (Fsp3) is 0. The molecule has 0 aromatic heterocycles. The van der Waals surface area contributed by atoms with Gasteiger partial charge in [-0.05, 0) is 53.4 Å². The highest BCUT2D eigenvalue weighted by Crippen LogP contribution is 2.51. The Morgan fingerprint density at radius 1 is 0.447 bits per heavy atom. The number of fused-ring (bicyclic) bond motifs is 6. The quantitative estimate of drug-likeness (QED) is 0.292. The normalized spacial score (nSPS) is 15.5. The van der Waals surface area contributed by atoms with Crippen LogP contribution in [0.25, 0.3) is 22.3 Å². The highest BCUT2D eigenvalue weighted by Gasteiger charge is 2.40. The molecule has 0 spiro atoms. The lowest BCUT2D eigenvalue weighted by atomic mass is 9.99. The van der Waals surface area contributed by atoms with Crippen molar-refractivity contribution in [1.29, 1.82) is 0 Å². The molecule has 0 fully saturated rings. The molecular formula is C30H20O4P2S2. The first-order chi connectivity index (χ1) is 18.3. The smallest absolute Gasteiger partial charge is 0.207 e. The number of hydrogen-bond donors (Lipinski definition) is 0. The molecule has 0 radical (unpaired) electrons. The first-order valence-electron chi connectivity index (χ1n) is 11.9. The molecule has 2 aliphatic rings. The Morgan fingerprint density at radius 3 is 1.47 bits per heavy atom. The van der Waals surface area contributed by atoms with Crippen LogP contribution < -0.4 is 21.2 Å². The highest BCUT2D eigenvalue weighted by atomic mass is 32.2. The van der Waals surface area contributed by atoms with Gasteiger partial charge in [0.1, 0.15) is 0 Å². The molecule has 0 aliphatic carbocycles. The summed E-state index contributed by atoms with van der Waals surface area (Å²) in [6.45, 7) is 0. The lowest BCUT2D eigenvalue weighted by Gasteiger charge is -2.20. The van der Waals surface area contributed by atoms with Crippen LogP contribution in [0.3, 0.4) is 0 Å². The summed E-state index contributed by atoms with van der Waals surface area (Å²) in [5.41, 5.74) is 2.31. The summed E-state index contributed by atoms with van der Waals surface area (Å²) < 4.78 is 54.5. The maximum Gasteiger partial charge on any atom is 0.207 e. The van der Waals surface area contributed by atoms with Crippen molar-refractivity contribution < 1.29 is 16.8 Å². The van der Waals surface area contributed by atoms with Crippen LogP contribution >= 0.6 is 17.2 Å². The van der Waals surface area contributed by atoms with Gasteiger partial charge < -0.3 is 0 Å². The van der Waals surface area contributed by atoms with E-state index in [1.54, 1.807) is 24.3 Å². The molecule has 7 rings (SSSR count). The molecule has 2 aliphatic heterocycles. The zero-order chi connectivity index (χ0) is 26.2. The Hall–Kier alpha value is -3.14. The van der Waals surface area contributed by atoms with E-state index in [0.29, 0.717) is 22.3 Å². The van der Waals surface area contributed by atoms with Gasteiger partial charge in [-0.1, -0.05) is 84.9 Å². The molecule has 5 aromatic rings. The summed E-state index contributed by atoms with van der Waals surface area (Å²) in [6.07, 6.45) is 0. The molecule has 8 heteroatoms. The zero-order valence-electron chi connectivity index (χ0n) is 19.9. The van der Waals surface area contributed by atoms with E-state index in [4.69, 9.17) is 0 Å². The van der Waals surface area contributed by atoms with Gasteiger partial charge in [-0.2, -0.15) is 0 Å². The van der Waals surface area contributed by atoms with Crippen molar-refractivity contribution in [1.82, 2.24) is 0 Å². The van der Waals surface area contributed by atoms with Crippen molar-refractivity contribution >= 4 is 58.1 Å². The van der Waals surface area contributed by atoms with Crippen molar-refractivity contribution in [3.8, 4) is 22.3 Å². The Bertz CT molecular complexity index is 1970. The number of sulfone groups is 2. The van der Waals surface area contributed by atoms with E-state index in [2.05, 4.69) is 33.5 Å². The Morgan fingerprint density at radius 2 is 0.921 bits per heavy atom. The second-order valence-corrected chi connectivity index (χ2v) is 16.0. The van der Waals surface area contributed by atoms with Crippen molar-refractivity contribution in [3.05, 3.63) is 109 Å². The SMILES string of the molecule is O=S1(=O)c2cc(P)ccc2-c2cc3c(cc21)S(=O)(=O)c1cc(P(c2ccccc2)c2ccccc2)ccc1-3. The van der Waals surface area contributed by atoms with Crippen LogP contribution in [-0.2, 0) is 19.7 Å². The molecule has 1 atom stereocenters. The molecule has 4 nitrogen and oxygen atoms in total. The zero-order valence-corrected chi connectivity index (χ0v) is 23.5. The molecule has 186 valence electrons. The van der Waals surface area contributed by atoms with Gasteiger partial charge in [0, 0.05) is 22.3 Å². The fourth-order valence-electron chi connectivity index (χ4n) is 5.34. The summed E-state index contributed by atoms with van der Waals surface area (Å²) in [6, 6.07) is 34.2. The fourth-order valence-corrected chi connectivity index (χ4v) is 11.7. The van der Waals surface area contributed by atoms with Gasteiger partial charge in [-0.15, -0.1) is 9.24 Å². The number of hydrogen-bond acceptors (Lipinski definition) is 4. The minimum atomic E-state index is -3.91. The van der Waals surface area contributed by atoms with E-state index in [9.17, 15) is 16.8 Å². The lowest BCUT2D eigenvalue weighted by molar-refractivity contribution is 0.597. The van der Waals surface area contributed by atoms with Gasteiger partial charge in [-0.3, -0.25) is 0 Å². The minimum absolute atomic E-state index is 0.0503. The average Bonchev–Trinajstić information content (AvgIpc) is 3.28. The van der Waals surface area contributed by atoms with Crippen LogP contribution in [0.15, 0.2) is 129 Å². The third-order valence-electron chi connectivity index (χ3n) is 7.08. The molecule has 0 saturated heterocycles. The summed E-state index contributed by atoms with van der Waals surface area (Å²) in [5.74, 6) is 0. The first-order valence-corrected chi connectivity index (χ1v) is 16.8. The van der Waals surface area contributed by atoms with Crippen LogP contribution in [0.4, 0.5) is 0 Å². The summed E-state index contributed by atoms with van der Waals surface area (Å²) in [5, 5.41) is 3.92. The Balaban J connectivity index is 1.43. The van der Waals surface area contributed by atoms with Gasteiger partial charge in [0.05, 0.1) is 19.6 Å². The summed E-state index contributed by atoms with van der Waals surface area (Å²) in [7, 11) is -6.20. The largest absolute Gasteiger partial charge is 0.218 e. The minimum Gasteiger partial charge on any atom is -0.218 e. The third kappa shape index (κ3) is 3.41. The Kier molecular flexibility index (Phi) is 5.31. The van der Waals surface area contributed by atoms with Crippen LogP contribution in [0.5, 0.6) is 0 Å². The molecule has 0 saturated carbocycles. The predicted molar refractivity (Wildman–Crippen MR) is 156 cm³/mol. The van der Waals surface area contributed by atoms with E-state index < -0.39 is 27.6 Å². The molecule has 38 heavy (non-hydrogen) atoms. The van der Waals surface area contributed by atoms with E-state index in [0.717, 1.165) is 21.2 Å². The summed E-state index contributed by atoms with van der Waals surface area (Å²) in [4.78, 5) is 0.544. The van der Waals surface area contributed by atoms with Crippen LogP contribution in [-0.4, -0.2) is 16.8 Å². The molecule has 0 bridgehead atoms. The molecule has 0 N–H and O–H groups in total. The van der Waals surface area contributed by atoms with E-state index in [-0.39, 0.29) is 19.6 Å². The van der Waals surface area contributed by atoms with Crippen molar-refractivity contribution in [2.75, 3.05) is 0 Å². The second-order valence-electron chi connectivity index (χ2n) is 9.29. The molecule has 0 amide bonds. The summed E-state index contributed by atoms with van der Waals surface area (Å²) >= 11 is 0. The van der Waals surface area contributed by atoms with Crippen molar-refractivity contribution in [2.45, 2.75) is 19.6 Å². The number of benzene rings is 5. The second kappa shape index (κ2) is 8.43. The monoisotopic (exact) mass is 570 g/mol. The van der Waals surface area contributed by atoms with Gasteiger partial charge in [-0.25, -0.2) is 16.8 Å². The van der Waals surface area contributed by atoms with E-state index in [1.807, 2.05) is 54.6 Å². The predicted octanol–water partition coefficient (Wildman–Crippen LogP) is 4.57. The van der Waals surface area contributed by atoms with Crippen molar-refractivity contribution in [3.63, 3.8) is 0 Å². The van der Waals surface area contributed by atoms with E-state index >= 15 is 0 Å². The van der Waals surface area contributed by atoms with Crippen LogP contribution in [0, 0.1) is 0 Å². The average molecular weight is 571 g/mol. The van der Waals surface area contributed by atoms with Crippen LogP contribution in [0.2, 0.25) is 0 Å². The third-order valence-corrected chi connectivity index (χ3v) is 13.5. The van der Waals surface area contributed by atoms with E-state index in [1.165, 1.54) is 6.07 Å². The topological polar surface area (TPSA) is 68.3 Å². The number of rotatable bonds is 3. The maximum atomic E-state index is 13.9. The van der Waals surface area contributed by atoms with Gasteiger partial charge in [0.2, 0.25) is 19.7 Å². The maximum absolute atomic E-state index is 13.9. The first kappa shape index (κ1) is 23.9. The van der Waals surface area contributed by atoms with Crippen LogP contribution in [0.1, 0.15) is 0 Å². The van der Waals surface area contributed by atoms with Crippen molar-refractivity contribution in [2.24, 2.45) is 0 Å².